The quantitative estimate of drug-likeness (QED) is 0.613. The van der Waals surface area contributed by atoms with Gasteiger partial charge in [-0.2, -0.15) is 0 Å². The van der Waals surface area contributed by atoms with E-state index in [4.69, 9.17) is 0 Å². The van der Waals surface area contributed by atoms with Crippen molar-refractivity contribution in [3.63, 3.8) is 0 Å². The molecule has 1 aliphatic heterocycles. The van der Waals surface area contributed by atoms with Crippen molar-refractivity contribution in [2.75, 3.05) is 38.0 Å². The zero-order valence-corrected chi connectivity index (χ0v) is 12.3. The molecular weight excluding hydrogens is 270 g/mol. The molecule has 1 saturated heterocycles. The maximum absolute atomic E-state index is 12.4. The molecule has 1 aromatic heterocycles. The Bertz CT molecular complexity index is 486. The summed E-state index contributed by atoms with van der Waals surface area (Å²) in [6.07, 6.45) is 4.54. The Morgan fingerprint density at radius 3 is 2.81 bits per heavy atom. The third-order valence-electron chi connectivity index (χ3n) is 3.44. The smallest absolute Gasteiger partial charge is 0.272 e. The first-order valence-electron chi connectivity index (χ1n) is 7.30. The minimum Gasteiger partial charge on any atom is -0.354 e. The van der Waals surface area contributed by atoms with Gasteiger partial charge in [0.05, 0.1) is 0 Å². The number of nitrogens with zero attached hydrogens (tertiary/aromatic N) is 4. The molecule has 1 aromatic rings. The SMILES string of the molecule is CCCCNc1nccc(C(=O)N2CCN(C=O)CC2)n1. The molecule has 1 aliphatic rings. The van der Waals surface area contributed by atoms with E-state index in [1.165, 1.54) is 0 Å². The normalized spacial score (nSPS) is 14.9. The second-order valence-electron chi connectivity index (χ2n) is 4.98. The van der Waals surface area contributed by atoms with Gasteiger partial charge in [-0.15, -0.1) is 0 Å². The summed E-state index contributed by atoms with van der Waals surface area (Å²) < 4.78 is 0. The first-order chi connectivity index (χ1) is 10.2. The number of nitrogens with one attached hydrogen (secondary N) is 1. The Morgan fingerprint density at radius 1 is 1.38 bits per heavy atom. The van der Waals surface area contributed by atoms with E-state index in [0.29, 0.717) is 37.8 Å². The van der Waals surface area contributed by atoms with Crippen LogP contribution in [0.15, 0.2) is 12.3 Å². The summed E-state index contributed by atoms with van der Waals surface area (Å²) in [5.74, 6) is 0.377. The largest absolute Gasteiger partial charge is 0.354 e. The Labute approximate surface area is 124 Å². The fourth-order valence-electron chi connectivity index (χ4n) is 2.13. The van der Waals surface area contributed by atoms with Gasteiger partial charge < -0.3 is 15.1 Å². The van der Waals surface area contributed by atoms with Gasteiger partial charge in [0.25, 0.3) is 5.91 Å². The van der Waals surface area contributed by atoms with Crippen LogP contribution in [0, 0.1) is 0 Å². The van der Waals surface area contributed by atoms with E-state index < -0.39 is 0 Å². The van der Waals surface area contributed by atoms with E-state index in [0.717, 1.165) is 25.8 Å². The van der Waals surface area contributed by atoms with Crippen molar-refractivity contribution < 1.29 is 9.59 Å². The second-order valence-corrected chi connectivity index (χ2v) is 4.98. The van der Waals surface area contributed by atoms with E-state index in [1.807, 2.05) is 0 Å². The van der Waals surface area contributed by atoms with Crippen LogP contribution < -0.4 is 5.32 Å². The van der Waals surface area contributed by atoms with Gasteiger partial charge in [0.15, 0.2) is 0 Å². The lowest BCUT2D eigenvalue weighted by atomic mass is 10.3. The van der Waals surface area contributed by atoms with Crippen molar-refractivity contribution in [3.8, 4) is 0 Å². The highest BCUT2D eigenvalue weighted by Crippen LogP contribution is 2.08. The molecule has 0 radical (unpaired) electrons. The van der Waals surface area contributed by atoms with E-state index in [-0.39, 0.29) is 5.91 Å². The number of carbonyl (C=O) groups excluding carboxylic acids is 2. The maximum atomic E-state index is 12.4. The molecule has 2 heterocycles. The first-order valence-corrected chi connectivity index (χ1v) is 7.30. The molecular formula is C14H21N5O2. The summed E-state index contributed by atoms with van der Waals surface area (Å²) in [5.41, 5.74) is 0.392. The van der Waals surface area contributed by atoms with E-state index >= 15 is 0 Å². The fourth-order valence-corrected chi connectivity index (χ4v) is 2.13. The maximum Gasteiger partial charge on any atom is 0.272 e. The summed E-state index contributed by atoms with van der Waals surface area (Å²) in [6.45, 7) is 5.14. The molecule has 7 heteroatoms. The van der Waals surface area contributed by atoms with Crippen LogP contribution in [0.4, 0.5) is 5.95 Å². The third kappa shape index (κ3) is 4.14. The molecule has 0 atom stereocenters. The fraction of sp³-hybridized carbons (Fsp3) is 0.571. The van der Waals surface area contributed by atoms with Crippen LogP contribution in [-0.4, -0.2) is 64.8 Å². The number of hydrogen-bond acceptors (Lipinski definition) is 5. The molecule has 21 heavy (non-hydrogen) atoms. The lowest BCUT2D eigenvalue weighted by molar-refractivity contribution is -0.119. The Morgan fingerprint density at radius 2 is 2.14 bits per heavy atom. The minimum atomic E-state index is -0.110. The molecule has 0 bridgehead atoms. The Balaban J connectivity index is 1.96. The standard InChI is InChI=1S/C14H21N5O2/c1-2-3-5-15-14-16-6-4-12(17-14)13(21)19-9-7-18(11-20)8-10-19/h4,6,11H,2-3,5,7-10H2,1H3,(H,15,16,17). The van der Waals surface area contributed by atoms with E-state index in [2.05, 4.69) is 22.2 Å². The minimum absolute atomic E-state index is 0.110. The van der Waals surface area contributed by atoms with Crippen molar-refractivity contribution in [2.45, 2.75) is 19.8 Å². The van der Waals surface area contributed by atoms with Crippen LogP contribution >= 0.6 is 0 Å². The van der Waals surface area contributed by atoms with Gasteiger partial charge in [0.2, 0.25) is 12.4 Å². The van der Waals surface area contributed by atoms with Crippen molar-refractivity contribution in [2.24, 2.45) is 0 Å². The number of unbranched alkanes of at least 4 members (excludes halogenated alkanes) is 1. The van der Waals surface area contributed by atoms with E-state index in [9.17, 15) is 9.59 Å². The highest BCUT2D eigenvalue weighted by atomic mass is 16.2. The number of rotatable bonds is 6. The summed E-state index contributed by atoms with van der Waals surface area (Å²) in [4.78, 5) is 34.8. The van der Waals surface area contributed by atoms with Crippen molar-refractivity contribution in [1.82, 2.24) is 19.8 Å². The van der Waals surface area contributed by atoms with Gasteiger partial charge in [0, 0.05) is 38.9 Å². The van der Waals surface area contributed by atoms with E-state index in [1.54, 1.807) is 22.1 Å². The van der Waals surface area contributed by atoms with Crippen LogP contribution in [-0.2, 0) is 4.79 Å². The molecule has 2 amide bonds. The summed E-state index contributed by atoms with van der Waals surface area (Å²) in [7, 11) is 0. The molecule has 0 aliphatic carbocycles. The van der Waals surface area contributed by atoms with Gasteiger partial charge >= 0.3 is 0 Å². The van der Waals surface area contributed by atoms with Gasteiger partial charge in [-0.05, 0) is 12.5 Å². The van der Waals surface area contributed by atoms with Gasteiger partial charge in [0.1, 0.15) is 5.69 Å². The Kier molecular flexibility index (Phi) is 5.48. The summed E-state index contributed by atoms with van der Waals surface area (Å²) in [6, 6.07) is 1.62. The second kappa shape index (κ2) is 7.56. The Hall–Kier alpha value is -2.18. The molecule has 0 aromatic carbocycles. The number of carbonyl (C=O) groups is 2. The molecule has 0 spiro atoms. The van der Waals surface area contributed by atoms with Gasteiger partial charge in [-0.1, -0.05) is 13.3 Å². The number of amides is 2. The van der Waals surface area contributed by atoms with Crippen LogP contribution in [0.25, 0.3) is 0 Å². The first kappa shape index (κ1) is 15.2. The number of aromatic nitrogens is 2. The zero-order valence-electron chi connectivity index (χ0n) is 12.3. The predicted molar refractivity (Wildman–Crippen MR) is 79.0 cm³/mol. The highest BCUT2D eigenvalue weighted by Gasteiger charge is 2.22. The van der Waals surface area contributed by atoms with Crippen molar-refractivity contribution in [3.05, 3.63) is 18.0 Å². The molecule has 2 rings (SSSR count). The molecule has 114 valence electrons. The van der Waals surface area contributed by atoms with Gasteiger partial charge in [-0.25, -0.2) is 9.97 Å². The topological polar surface area (TPSA) is 78.4 Å². The average molecular weight is 291 g/mol. The van der Waals surface area contributed by atoms with Crippen LogP contribution in [0.2, 0.25) is 0 Å². The predicted octanol–water partition coefficient (Wildman–Crippen LogP) is 0.603. The molecule has 1 N–H and O–H groups in total. The zero-order chi connectivity index (χ0) is 15.1. The van der Waals surface area contributed by atoms with Crippen LogP contribution in [0.1, 0.15) is 30.3 Å². The third-order valence-corrected chi connectivity index (χ3v) is 3.44. The monoisotopic (exact) mass is 291 g/mol. The lowest BCUT2D eigenvalue weighted by Crippen LogP contribution is -2.48. The number of piperazine rings is 1. The van der Waals surface area contributed by atoms with Crippen molar-refractivity contribution >= 4 is 18.3 Å². The molecule has 0 unspecified atom stereocenters. The molecule has 0 saturated carbocycles. The summed E-state index contributed by atoms with van der Waals surface area (Å²) in [5, 5.41) is 3.11. The molecule has 7 nitrogen and oxygen atoms in total. The van der Waals surface area contributed by atoms with Crippen molar-refractivity contribution in [1.29, 1.82) is 0 Å². The molecule has 1 fully saturated rings. The van der Waals surface area contributed by atoms with Gasteiger partial charge in [-0.3, -0.25) is 9.59 Å². The van der Waals surface area contributed by atoms with Crippen LogP contribution in [0.5, 0.6) is 0 Å². The summed E-state index contributed by atoms with van der Waals surface area (Å²) >= 11 is 0. The average Bonchev–Trinajstić information content (AvgIpc) is 2.55. The highest BCUT2D eigenvalue weighted by molar-refractivity contribution is 5.92. The van der Waals surface area contributed by atoms with Crippen LogP contribution in [0.3, 0.4) is 0 Å². The lowest BCUT2D eigenvalue weighted by Gasteiger charge is -2.32. The number of anilines is 1. The number of hydrogen-bond donors (Lipinski definition) is 1.